The summed E-state index contributed by atoms with van der Waals surface area (Å²) in [4.78, 5) is 10.9. The van der Waals surface area contributed by atoms with Crippen LogP contribution in [0.25, 0.3) is 0 Å². The molecule has 16 heavy (non-hydrogen) atoms. The second-order valence-electron chi connectivity index (χ2n) is 5.07. The van der Waals surface area contributed by atoms with Gasteiger partial charge in [0.25, 0.3) is 0 Å². The van der Waals surface area contributed by atoms with Gasteiger partial charge < -0.3 is 23.7 Å². The van der Waals surface area contributed by atoms with E-state index < -0.39 is 23.8 Å². The highest BCUT2D eigenvalue weighted by Gasteiger charge is 2.49. The van der Waals surface area contributed by atoms with Crippen molar-refractivity contribution in [2.24, 2.45) is 0 Å². The van der Waals surface area contributed by atoms with E-state index in [0.29, 0.717) is 6.61 Å². The van der Waals surface area contributed by atoms with Crippen LogP contribution in [-0.4, -0.2) is 42.8 Å². The minimum absolute atomic E-state index is 0.257. The normalized spacial score (nSPS) is 41.1. The third kappa shape index (κ3) is 2.27. The van der Waals surface area contributed by atoms with Gasteiger partial charge in [-0.15, -0.1) is 0 Å². The summed E-state index contributed by atoms with van der Waals surface area (Å²) in [6.45, 7) is 7.66. The molecular formula is C11H18O5. The van der Waals surface area contributed by atoms with E-state index in [2.05, 4.69) is 0 Å². The summed E-state index contributed by atoms with van der Waals surface area (Å²) in [5.74, 6) is -1.36. The number of carbonyl (C=O) groups excluding carboxylic acids is 1. The third-order valence-corrected chi connectivity index (χ3v) is 2.69. The highest BCUT2D eigenvalue weighted by atomic mass is 16.8. The standard InChI is InChI=1S/C11H18O5/c1-10(2)13-6-8(15-10)9-7(5-12)14-11(3,4)16-9/h5,7-9H,6H2,1-4H3/t7-,8+,9+/m0/s1. The van der Waals surface area contributed by atoms with Crippen molar-refractivity contribution in [1.29, 1.82) is 0 Å². The molecule has 2 aliphatic rings. The predicted octanol–water partition coefficient (Wildman–Crippen LogP) is 0.857. The van der Waals surface area contributed by atoms with Crippen LogP contribution in [0.15, 0.2) is 0 Å². The van der Waals surface area contributed by atoms with Crippen molar-refractivity contribution in [1.82, 2.24) is 0 Å². The Bertz CT molecular complexity index is 286. The molecule has 2 rings (SSSR count). The van der Waals surface area contributed by atoms with E-state index in [1.165, 1.54) is 0 Å². The highest BCUT2D eigenvalue weighted by Crippen LogP contribution is 2.34. The Hall–Kier alpha value is -0.490. The Morgan fingerprint density at radius 1 is 1.06 bits per heavy atom. The lowest BCUT2D eigenvalue weighted by Gasteiger charge is -2.22. The van der Waals surface area contributed by atoms with Crippen LogP contribution in [0.2, 0.25) is 0 Å². The first-order valence-corrected chi connectivity index (χ1v) is 5.46. The van der Waals surface area contributed by atoms with Crippen LogP contribution in [0.4, 0.5) is 0 Å². The number of hydrogen-bond acceptors (Lipinski definition) is 5. The molecule has 0 saturated carbocycles. The van der Waals surface area contributed by atoms with Gasteiger partial charge in [-0.05, 0) is 27.7 Å². The molecule has 5 nitrogen and oxygen atoms in total. The Kier molecular flexibility index (Phi) is 2.82. The molecule has 2 fully saturated rings. The number of hydrogen-bond donors (Lipinski definition) is 0. The van der Waals surface area contributed by atoms with Gasteiger partial charge in [-0.25, -0.2) is 0 Å². The average Bonchev–Trinajstić information content (AvgIpc) is 2.65. The second-order valence-corrected chi connectivity index (χ2v) is 5.07. The van der Waals surface area contributed by atoms with Gasteiger partial charge in [0, 0.05) is 0 Å². The van der Waals surface area contributed by atoms with E-state index in [1.54, 1.807) is 13.8 Å². The van der Waals surface area contributed by atoms with Gasteiger partial charge in [0.1, 0.15) is 18.3 Å². The van der Waals surface area contributed by atoms with E-state index in [1.807, 2.05) is 13.8 Å². The van der Waals surface area contributed by atoms with Gasteiger partial charge in [0.2, 0.25) is 0 Å². The van der Waals surface area contributed by atoms with Gasteiger partial charge in [-0.1, -0.05) is 0 Å². The smallest absolute Gasteiger partial charge is 0.164 e. The van der Waals surface area contributed by atoms with Crippen molar-refractivity contribution in [2.75, 3.05) is 6.61 Å². The zero-order valence-corrected chi connectivity index (χ0v) is 10.1. The topological polar surface area (TPSA) is 54.0 Å². The fraction of sp³-hybridized carbons (Fsp3) is 0.909. The first-order valence-electron chi connectivity index (χ1n) is 5.46. The van der Waals surface area contributed by atoms with Crippen molar-refractivity contribution < 1.29 is 23.7 Å². The molecule has 0 aliphatic carbocycles. The molecule has 3 atom stereocenters. The Morgan fingerprint density at radius 3 is 2.25 bits per heavy atom. The molecule has 0 aromatic rings. The average molecular weight is 230 g/mol. The zero-order chi connectivity index (χ0) is 12.0. The number of carbonyl (C=O) groups is 1. The molecule has 2 saturated heterocycles. The van der Waals surface area contributed by atoms with Gasteiger partial charge in [-0.2, -0.15) is 0 Å². The van der Waals surface area contributed by atoms with E-state index in [-0.39, 0.29) is 6.10 Å². The molecule has 0 amide bonds. The van der Waals surface area contributed by atoms with Crippen LogP contribution in [0.3, 0.4) is 0 Å². The van der Waals surface area contributed by atoms with Gasteiger partial charge in [-0.3, -0.25) is 0 Å². The summed E-state index contributed by atoms with van der Waals surface area (Å²) >= 11 is 0. The number of ether oxygens (including phenoxy) is 4. The summed E-state index contributed by atoms with van der Waals surface area (Å²) in [5, 5.41) is 0. The summed E-state index contributed by atoms with van der Waals surface area (Å²) < 4.78 is 22.3. The molecule has 5 heteroatoms. The van der Waals surface area contributed by atoms with Gasteiger partial charge in [0.05, 0.1) is 6.61 Å². The largest absolute Gasteiger partial charge is 0.348 e. The minimum atomic E-state index is -0.744. The highest BCUT2D eigenvalue weighted by molar-refractivity contribution is 5.58. The number of aldehydes is 1. The molecule has 2 heterocycles. The van der Waals surface area contributed by atoms with Crippen LogP contribution in [-0.2, 0) is 23.7 Å². The van der Waals surface area contributed by atoms with Crippen LogP contribution < -0.4 is 0 Å². The molecule has 2 aliphatic heterocycles. The predicted molar refractivity (Wildman–Crippen MR) is 54.8 cm³/mol. The lowest BCUT2D eigenvalue weighted by molar-refractivity contribution is -0.174. The SMILES string of the molecule is CC1(C)O[C@@H]([C@H]2COC(C)(C)O2)[C@H](C=O)O1. The molecule has 0 bridgehead atoms. The summed E-state index contributed by atoms with van der Waals surface area (Å²) in [5.41, 5.74) is 0. The summed E-state index contributed by atoms with van der Waals surface area (Å²) in [7, 11) is 0. The molecule has 0 N–H and O–H groups in total. The Balaban J connectivity index is 2.07. The fourth-order valence-corrected chi connectivity index (χ4v) is 2.09. The molecular weight excluding hydrogens is 212 g/mol. The monoisotopic (exact) mass is 230 g/mol. The van der Waals surface area contributed by atoms with E-state index >= 15 is 0 Å². The maximum atomic E-state index is 10.9. The molecule has 0 aromatic heterocycles. The lowest BCUT2D eigenvalue weighted by Crippen LogP contribution is -2.38. The molecule has 0 radical (unpaired) electrons. The molecule has 0 aromatic carbocycles. The quantitative estimate of drug-likeness (QED) is 0.658. The van der Waals surface area contributed by atoms with Crippen molar-refractivity contribution in [2.45, 2.75) is 57.6 Å². The molecule has 0 unspecified atom stereocenters. The van der Waals surface area contributed by atoms with Crippen LogP contribution in [0.5, 0.6) is 0 Å². The van der Waals surface area contributed by atoms with Crippen LogP contribution in [0, 0.1) is 0 Å². The van der Waals surface area contributed by atoms with E-state index in [9.17, 15) is 4.79 Å². The minimum Gasteiger partial charge on any atom is -0.348 e. The Morgan fingerprint density at radius 2 is 1.75 bits per heavy atom. The molecule has 92 valence electrons. The van der Waals surface area contributed by atoms with Gasteiger partial charge >= 0.3 is 0 Å². The third-order valence-electron chi connectivity index (χ3n) is 2.69. The van der Waals surface area contributed by atoms with Crippen molar-refractivity contribution in [3.05, 3.63) is 0 Å². The van der Waals surface area contributed by atoms with Crippen molar-refractivity contribution in [3.63, 3.8) is 0 Å². The van der Waals surface area contributed by atoms with E-state index in [4.69, 9.17) is 18.9 Å². The first-order chi connectivity index (χ1) is 7.33. The van der Waals surface area contributed by atoms with Crippen molar-refractivity contribution >= 4 is 6.29 Å². The van der Waals surface area contributed by atoms with Gasteiger partial charge in [0.15, 0.2) is 17.9 Å². The fourth-order valence-electron chi connectivity index (χ4n) is 2.09. The maximum absolute atomic E-state index is 10.9. The molecule has 0 spiro atoms. The van der Waals surface area contributed by atoms with Crippen LogP contribution in [0.1, 0.15) is 27.7 Å². The van der Waals surface area contributed by atoms with E-state index in [0.717, 1.165) is 6.29 Å². The number of rotatable bonds is 2. The second kappa shape index (κ2) is 3.77. The maximum Gasteiger partial charge on any atom is 0.164 e. The first kappa shape index (κ1) is 12.0. The summed E-state index contributed by atoms with van der Waals surface area (Å²) in [6.07, 6.45) is -0.479. The lowest BCUT2D eigenvalue weighted by atomic mass is 10.1. The Labute approximate surface area is 95.0 Å². The van der Waals surface area contributed by atoms with Crippen molar-refractivity contribution in [3.8, 4) is 0 Å². The summed E-state index contributed by atoms with van der Waals surface area (Å²) in [6, 6.07) is 0. The zero-order valence-electron chi connectivity index (χ0n) is 10.1. The van der Waals surface area contributed by atoms with Crippen LogP contribution >= 0.6 is 0 Å².